The molecule has 1 saturated heterocycles. The van der Waals surface area contributed by atoms with Crippen molar-refractivity contribution in [3.8, 4) is 0 Å². The van der Waals surface area contributed by atoms with E-state index in [0.29, 0.717) is 22.1 Å². The van der Waals surface area contributed by atoms with Gasteiger partial charge in [0, 0.05) is 6.20 Å². The summed E-state index contributed by atoms with van der Waals surface area (Å²) in [5.41, 5.74) is 6.78. The van der Waals surface area contributed by atoms with Crippen molar-refractivity contribution in [2.75, 3.05) is 12.3 Å². The maximum atomic E-state index is 10.3. The largest absolute Gasteiger partial charge is 0.394 e. The van der Waals surface area contributed by atoms with Gasteiger partial charge in [-0.3, -0.25) is 4.57 Å². The predicted molar refractivity (Wildman–Crippen MR) is 78.0 cm³/mol. The smallest absolute Gasteiger partial charge is 0.166 e. The van der Waals surface area contributed by atoms with E-state index in [9.17, 15) is 15.3 Å². The maximum Gasteiger partial charge on any atom is 0.166 e. The number of hydrogen-bond acceptors (Lipinski definition) is 9. The Morgan fingerprint density at radius 1 is 1.13 bits per heavy atom. The first-order chi connectivity index (χ1) is 11.1. The van der Waals surface area contributed by atoms with Crippen LogP contribution in [0.15, 0.2) is 18.9 Å². The summed E-state index contributed by atoms with van der Waals surface area (Å²) in [5, 5.41) is 30.7. The number of anilines is 1. The third kappa shape index (κ3) is 1.90. The lowest BCUT2D eigenvalue weighted by molar-refractivity contribution is -0.0492. The molecule has 0 radical (unpaired) electrons. The van der Waals surface area contributed by atoms with E-state index in [4.69, 9.17) is 10.5 Å². The quantitative estimate of drug-likeness (QED) is 0.445. The fraction of sp³-hybridized carbons (Fsp3) is 0.385. The molecule has 10 nitrogen and oxygen atoms in total. The molecule has 0 aliphatic carbocycles. The summed E-state index contributed by atoms with van der Waals surface area (Å²) in [6.07, 6.45) is -0.127. The zero-order valence-corrected chi connectivity index (χ0v) is 11.8. The van der Waals surface area contributed by atoms with Gasteiger partial charge in [-0.05, 0) is 0 Å². The maximum absolute atomic E-state index is 10.3. The Hall–Kier alpha value is -2.40. The second-order valence-corrected chi connectivity index (χ2v) is 5.32. The van der Waals surface area contributed by atoms with E-state index < -0.39 is 31.1 Å². The Labute approximate surface area is 129 Å². The molecular weight excluding hydrogens is 304 g/mol. The Balaban J connectivity index is 2.01. The summed E-state index contributed by atoms with van der Waals surface area (Å²) in [6.45, 7) is -0.419. The van der Waals surface area contributed by atoms with E-state index in [0.717, 1.165) is 0 Å². The topological polar surface area (TPSA) is 152 Å². The Bertz CT molecular complexity index is 883. The molecule has 5 N–H and O–H groups in total. The first-order valence-corrected chi connectivity index (χ1v) is 6.96. The molecule has 1 aliphatic rings. The minimum absolute atomic E-state index is 0.250. The number of nitrogens with zero attached hydrogens (tertiary/aromatic N) is 5. The molecule has 10 heteroatoms. The van der Waals surface area contributed by atoms with Gasteiger partial charge >= 0.3 is 0 Å². The van der Waals surface area contributed by atoms with Crippen LogP contribution in [0.5, 0.6) is 0 Å². The number of hydrogen-bond donors (Lipinski definition) is 4. The third-order valence-electron chi connectivity index (χ3n) is 4.05. The van der Waals surface area contributed by atoms with E-state index in [1.54, 1.807) is 6.20 Å². The van der Waals surface area contributed by atoms with Gasteiger partial charge in [-0.2, -0.15) is 0 Å². The molecule has 0 saturated carbocycles. The van der Waals surface area contributed by atoms with E-state index in [2.05, 4.69) is 19.9 Å². The number of nitrogen functional groups attached to an aromatic ring is 1. The number of ether oxygens (including phenoxy) is 1. The average Bonchev–Trinajstić information content (AvgIpc) is 3.04. The highest BCUT2D eigenvalue weighted by Gasteiger charge is 2.44. The molecule has 1 fully saturated rings. The second kappa shape index (κ2) is 5.06. The van der Waals surface area contributed by atoms with Crippen molar-refractivity contribution in [1.82, 2.24) is 24.5 Å². The van der Waals surface area contributed by atoms with E-state index >= 15 is 0 Å². The molecule has 23 heavy (non-hydrogen) atoms. The van der Waals surface area contributed by atoms with Crippen LogP contribution >= 0.6 is 0 Å². The zero-order valence-electron chi connectivity index (χ0n) is 11.8. The molecule has 1 aliphatic heterocycles. The molecule has 3 aromatic heterocycles. The van der Waals surface area contributed by atoms with Gasteiger partial charge in [-0.25, -0.2) is 19.9 Å². The second-order valence-electron chi connectivity index (χ2n) is 5.32. The number of rotatable bonds is 2. The van der Waals surface area contributed by atoms with Crippen LogP contribution in [-0.4, -0.2) is 64.7 Å². The van der Waals surface area contributed by atoms with Gasteiger partial charge in [0.2, 0.25) is 0 Å². The number of nitrogens with two attached hydrogens (primary N) is 1. The molecule has 3 aromatic rings. The van der Waals surface area contributed by atoms with Crippen molar-refractivity contribution >= 4 is 27.9 Å². The van der Waals surface area contributed by atoms with Gasteiger partial charge in [-0.1, -0.05) is 0 Å². The standard InChI is InChI=1S/C13H14N6O4/c14-10-7-5-1-15-3-17-11(5)19(12(7)18-4-16-10)13-9(22)8(21)6(2-20)23-13/h1,3-4,6,8-9,13,20-22H,2H2,(H2,14,16,18). The fourth-order valence-electron chi connectivity index (χ4n) is 2.96. The highest BCUT2D eigenvalue weighted by atomic mass is 16.6. The van der Waals surface area contributed by atoms with Gasteiger partial charge in [-0.15, -0.1) is 0 Å². The first-order valence-electron chi connectivity index (χ1n) is 6.96. The van der Waals surface area contributed by atoms with Crippen molar-refractivity contribution in [2.45, 2.75) is 24.5 Å². The summed E-state index contributed by atoms with van der Waals surface area (Å²) in [6, 6.07) is 0. The lowest BCUT2D eigenvalue weighted by atomic mass is 10.1. The van der Waals surface area contributed by atoms with E-state index in [1.807, 2.05) is 0 Å². The highest BCUT2D eigenvalue weighted by molar-refractivity contribution is 6.09. The van der Waals surface area contributed by atoms with Crippen molar-refractivity contribution in [3.05, 3.63) is 18.9 Å². The molecule has 0 spiro atoms. The highest BCUT2D eigenvalue weighted by Crippen LogP contribution is 2.37. The normalized spacial score (nSPS) is 28.0. The molecule has 4 rings (SSSR count). The lowest BCUT2D eigenvalue weighted by Crippen LogP contribution is -2.33. The number of aliphatic hydroxyl groups excluding tert-OH is 3. The number of fused-ring (bicyclic) bond motifs is 3. The van der Waals surface area contributed by atoms with Crippen molar-refractivity contribution in [2.24, 2.45) is 0 Å². The summed E-state index contributed by atoms with van der Waals surface area (Å²) in [4.78, 5) is 16.4. The van der Waals surface area contributed by atoms with Crippen molar-refractivity contribution in [3.63, 3.8) is 0 Å². The lowest BCUT2D eigenvalue weighted by Gasteiger charge is -2.17. The number of aliphatic hydroxyl groups is 3. The van der Waals surface area contributed by atoms with E-state index in [1.165, 1.54) is 17.2 Å². The fourth-order valence-corrected chi connectivity index (χ4v) is 2.96. The van der Waals surface area contributed by atoms with Crippen molar-refractivity contribution < 1.29 is 20.1 Å². The summed E-state index contributed by atoms with van der Waals surface area (Å²) < 4.78 is 7.12. The van der Waals surface area contributed by atoms with Gasteiger partial charge in [0.15, 0.2) is 6.23 Å². The van der Waals surface area contributed by atoms with Crippen LogP contribution in [-0.2, 0) is 4.74 Å². The average molecular weight is 318 g/mol. The first kappa shape index (κ1) is 14.2. The number of aromatic nitrogens is 5. The summed E-state index contributed by atoms with van der Waals surface area (Å²) in [7, 11) is 0. The molecule has 0 aromatic carbocycles. The van der Waals surface area contributed by atoms with Crippen LogP contribution in [0.4, 0.5) is 5.82 Å². The predicted octanol–water partition coefficient (Wildman–Crippen LogP) is -1.43. The molecule has 4 atom stereocenters. The monoisotopic (exact) mass is 318 g/mol. The van der Waals surface area contributed by atoms with Gasteiger partial charge in [0.25, 0.3) is 0 Å². The van der Waals surface area contributed by atoms with Crippen LogP contribution in [0, 0.1) is 0 Å². The van der Waals surface area contributed by atoms with E-state index in [-0.39, 0.29) is 5.82 Å². The van der Waals surface area contributed by atoms with Gasteiger partial charge in [0.1, 0.15) is 48.1 Å². The Morgan fingerprint density at radius 2 is 1.91 bits per heavy atom. The molecule has 4 heterocycles. The Kier molecular flexibility index (Phi) is 3.13. The van der Waals surface area contributed by atoms with Gasteiger partial charge < -0.3 is 25.8 Å². The molecular formula is C13H14N6O4. The molecule has 0 bridgehead atoms. The van der Waals surface area contributed by atoms with Crippen LogP contribution in [0.25, 0.3) is 22.1 Å². The molecule has 0 amide bonds. The minimum Gasteiger partial charge on any atom is -0.394 e. The minimum atomic E-state index is -1.25. The van der Waals surface area contributed by atoms with Gasteiger partial charge in [0.05, 0.1) is 17.4 Å². The Morgan fingerprint density at radius 3 is 2.65 bits per heavy atom. The SMILES string of the molecule is Nc1ncnc2c1c1cncnc1n2C1OC(CO)C(O)C1O. The van der Waals surface area contributed by atoms with Crippen LogP contribution in [0.2, 0.25) is 0 Å². The van der Waals surface area contributed by atoms with Crippen LogP contribution in [0.3, 0.4) is 0 Å². The van der Waals surface area contributed by atoms with Crippen molar-refractivity contribution in [1.29, 1.82) is 0 Å². The van der Waals surface area contributed by atoms with Crippen LogP contribution in [0.1, 0.15) is 6.23 Å². The summed E-state index contributed by atoms with van der Waals surface area (Å²) >= 11 is 0. The third-order valence-corrected chi connectivity index (χ3v) is 4.05. The summed E-state index contributed by atoms with van der Waals surface area (Å²) in [5.74, 6) is 0.250. The zero-order chi connectivity index (χ0) is 16.1. The molecule has 4 unspecified atom stereocenters. The van der Waals surface area contributed by atoms with Crippen LogP contribution < -0.4 is 5.73 Å². The molecule has 120 valence electrons.